The molecule has 2 saturated heterocycles. The van der Waals surface area contributed by atoms with E-state index in [0.717, 1.165) is 0 Å². The third kappa shape index (κ3) is 4.54. The Morgan fingerprint density at radius 3 is 2.69 bits per heavy atom. The van der Waals surface area contributed by atoms with E-state index in [1.165, 1.54) is 15.9 Å². The number of carbonyl (C=O) groups is 2. The van der Waals surface area contributed by atoms with E-state index < -0.39 is 17.6 Å². The number of nitrogens with one attached hydrogen (secondary N) is 1. The van der Waals surface area contributed by atoms with Gasteiger partial charge >= 0.3 is 6.09 Å². The van der Waals surface area contributed by atoms with Crippen LogP contribution in [0.5, 0.6) is 0 Å². The van der Waals surface area contributed by atoms with Gasteiger partial charge in [-0.25, -0.2) is 19.7 Å². The predicted molar refractivity (Wildman–Crippen MR) is 136 cm³/mol. The monoisotopic (exact) mass is 531 g/mol. The Labute approximate surface area is 221 Å². The Kier molecular flexibility index (Phi) is 5.95. The van der Waals surface area contributed by atoms with Crippen molar-refractivity contribution in [1.29, 1.82) is 0 Å². The van der Waals surface area contributed by atoms with E-state index in [1.807, 2.05) is 0 Å². The smallest absolute Gasteiger partial charge is 0.407 e. The molecule has 14 nitrogen and oxygen atoms in total. The number of pyridine rings is 1. The van der Waals surface area contributed by atoms with Crippen LogP contribution in [0, 0.1) is 0 Å². The molecule has 2 aliphatic heterocycles. The Bertz CT molecular complexity index is 1550. The van der Waals surface area contributed by atoms with Crippen molar-refractivity contribution in [2.45, 2.75) is 24.5 Å². The highest BCUT2D eigenvalue weighted by molar-refractivity contribution is 5.87. The van der Waals surface area contributed by atoms with Crippen LogP contribution >= 0.6 is 0 Å². The van der Waals surface area contributed by atoms with Crippen molar-refractivity contribution in [2.24, 2.45) is 0 Å². The summed E-state index contributed by atoms with van der Waals surface area (Å²) in [6.45, 7) is 1.30. The van der Waals surface area contributed by atoms with Crippen LogP contribution in [0.3, 0.4) is 0 Å². The molecule has 3 N–H and O–H groups in total. The Morgan fingerprint density at radius 1 is 1.15 bits per heavy atom. The van der Waals surface area contributed by atoms with E-state index in [1.54, 1.807) is 54.6 Å². The van der Waals surface area contributed by atoms with Crippen LogP contribution in [0.15, 0.2) is 53.4 Å². The number of amides is 2. The van der Waals surface area contributed by atoms with Gasteiger partial charge in [0.05, 0.1) is 35.0 Å². The molecule has 2 aliphatic rings. The zero-order chi connectivity index (χ0) is 27.1. The van der Waals surface area contributed by atoms with E-state index in [-0.39, 0.29) is 18.2 Å². The number of likely N-dealkylation sites (tertiary alicyclic amines) is 2. The Hall–Kier alpha value is -4.85. The SMILES string of the molecule is CN1CC[C@@](O)(c2cc(-c3cccc(-c4ccnc(Nc5cnn(C6CCN(C(=O)O)C6)c5)n4)n3)no2)C1=O. The van der Waals surface area contributed by atoms with E-state index in [4.69, 9.17) is 4.52 Å². The number of rotatable bonds is 6. The van der Waals surface area contributed by atoms with Crippen LogP contribution in [0.4, 0.5) is 16.4 Å². The number of nitrogens with zero attached hydrogens (tertiary/aromatic N) is 8. The first-order valence-corrected chi connectivity index (χ1v) is 12.4. The highest BCUT2D eigenvalue weighted by atomic mass is 16.5. The van der Waals surface area contributed by atoms with Crippen LogP contribution in [0.25, 0.3) is 22.8 Å². The van der Waals surface area contributed by atoms with Crippen molar-refractivity contribution in [3.63, 3.8) is 0 Å². The number of hydrogen-bond acceptors (Lipinski definition) is 10. The van der Waals surface area contributed by atoms with E-state index in [2.05, 4.69) is 30.5 Å². The highest BCUT2D eigenvalue weighted by Gasteiger charge is 2.48. The molecular weight excluding hydrogens is 506 g/mol. The van der Waals surface area contributed by atoms with Gasteiger partial charge in [0, 0.05) is 51.6 Å². The van der Waals surface area contributed by atoms with Gasteiger partial charge in [0.25, 0.3) is 5.91 Å². The van der Waals surface area contributed by atoms with Crippen LogP contribution in [-0.4, -0.2) is 88.6 Å². The maximum atomic E-state index is 12.4. The molecule has 0 aliphatic carbocycles. The average Bonchev–Trinajstić information content (AvgIpc) is 3.75. The number of aliphatic hydroxyl groups is 1. The summed E-state index contributed by atoms with van der Waals surface area (Å²) in [6, 6.07) is 8.59. The second-order valence-corrected chi connectivity index (χ2v) is 9.59. The molecule has 0 saturated carbocycles. The highest BCUT2D eigenvalue weighted by Crippen LogP contribution is 2.34. The van der Waals surface area contributed by atoms with Gasteiger partial charge in [-0.2, -0.15) is 5.10 Å². The quantitative estimate of drug-likeness (QED) is 0.332. The molecule has 0 spiro atoms. The van der Waals surface area contributed by atoms with Gasteiger partial charge < -0.3 is 29.9 Å². The van der Waals surface area contributed by atoms with Gasteiger partial charge in [-0.05, 0) is 24.6 Å². The molecule has 200 valence electrons. The number of hydrogen-bond donors (Lipinski definition) is 3. The largest absolute Gasteiger partial charge is 0.465 e. The van der Waals surface area contributed by atoms with Gasteiger partial charge in [-0.3, -0.25) is 9.48 Å². The summed E-state index contributed by atoms with van der Waals surface area (Å²) in [7, 11) is 1.63. The van der Waals surface area contributed by atoms with Gasteiger partial charge in [-0.1, -0.05) is 11.2 Å². The molecule has 6 heterocycles. The number of carbonyl (C=O) groups excluding carboxylic acids is 1. The first-order valence-electron chi connectivity index (χ1n) is 12.4. The van der Waals surface area contributed by atoms with Crippen LogP contribution < -0.4 is 5.32 Å². The minimum Gasteiger partial charge on any atom is -0.465 e. The molecule has 2 fully saturated rings. The second kappa shape index (κ2) is 9.47. The Balaban J connectivity index is 1.18. The van der Waals surface area contributed by atoms with Crippen molar-refractivity contribution in [3.8, 4) is 22.8 Å². The van der Waals surface area contributed by atoms with Crippen molar-refractivity contribution in [3.05, 3.63) is 54.7 Å². The lowest BCUT2D eigenvalue weighted by Gasteiger charge is -2.16. The van der Waals surface area contributed by atoms with Gasteiger partial charge in [-0.15, -0.1) is 0 Å². The fraction of sp³-hybridized carbons (Fsp3) is 0.320. The van der Waals surface area contributed by atoms with Gasteiger partial charge in [0.1, 0.15) is 5.69 Å². The zero-order valence-corrected chi connectivity index (χ0v) is 20.9. The Morgan fingerprint density at radius 2 is 1.95 bits per heavy atom. The van der Waals surface area contributed by atoms with Gasteiger partial charge in [0.15, 0.2) is 5.76 Å². The normalized spacial score (nSPS) is 21.1. The summed E-state index contributed by atoms with van der Waals surface area (Å²) in [6.07, 6.45) is 5.04. The van der Waals surface area contributed by atoms with Crippen LogP contribution in [-0.2, 0) is 10.4 Å². The number of carboxylic acid groups (broad SMARTS) is 1. The fourth-order valence-electron chi connectivity index (χ4n) is 4.82. The molecule has 14 heteroatoms. The number of aromatic nitrogens is 6. The summed E-state index contributed by atoms with van der Waals surface area (Å²) < 4.78 is 7.10. The summed E-state index contributed by atoms with van der Waals surface area (Å²) in [5, 5.41) is 31.6. The molecular formula is C25H25N9O5. The standard InChI is InChI=1S/C25H25N9O5/c1-32-10-7-25(38,22(32)35)21-11-20(31-39-21)18-4-2-3-17(29-18)19-5-8-26-23(30-19)28-15-12-27-34(13-15)16-6-9-33(14-16)24(36)37/h2-5,8,11-13,16,38H,6-7,9-10,14H2,1H3,(H,36,37)(H,26,28,30)/t16?,25-/m1/s1. The first kappa shape index (κ1) is 24.5. The van der Waals surface area contributed by atoms with Crippen molar-refractivity contribution in [2.75, 3.05) is 32.0 Å². The third-order valence-corrected chi connectivity index (χ3v) is 7.02. The molecule has 2 amide bonds. The van der Waals surface area contributed by atoms with Crippen molar-refractivity contribution in [1.82, 2.24) is 39.7 Å². The van der Waals surface area contributed by atoms with E-state index in [0.29, 0.717) is 60.5 Å². The number of likely N-dealkylation sites (N-methyl/N-ethyl adjacent to an activating group) is 1. The molecule has 4 aromatic rings. The van der Waals surface area contributed by atoms with Gasteiger partial charge in [0.2, 0.25) is 11.5 Å². The minimum atomic E-state index is -1.73. The average molecular weight is 532 g/mol. The maximum absolute atomic E-state index is 12.4. The summed E-state index contributed by atoms with van der Waals surface area (Å²) >= 11 is 0. The lowest BCUT2D eigenvalue weighted by molar-refractivity contribution is -0.144. The lowest BCUT2D eigenvalue weighted by Crippen LogP contribution is -2.35. The molecule has 6 rings (SSSR count). The predicted octanol–water partition coefficient (Wildman–Crippen LogP) is 2.11. The zero-order valence-electron chi connectivity index (χ0n) is 20.9. The van der Waals surface area contributed by atoms with Crippen molar-refractivity contribution >= 4 is 23.6 Å². The first-order chi connectivity index (χ1) is 18.8. The molecule has 4 aromatic heterocycles. The van der Waals surface area contributed by atoms with E-state index in [9.17, 15) is 19.8 Å². The molecule has 2 atom stereocenters. The molecule has 39 heavy (non-hydrogen) atoms. The topological polar surface area (TPSA) is 176 Å². The minimum absolute atomic E-state index is 0.0266. The maximum Gasteiger partial charge on any atom is 0.407 e. The molecule has 0 aromatic carbocycles. The summed E-state index contributed by atoms with van der Waals surface area (Å²) in [5.74, 6) is -0.00187. The van der Waals surface area contributed by atoms with Crippen LogP contribution in [0.2, 0.25) is 0 Å². The fourth-order valence-corrected chi connectivity index (χ4v) is 4.82. The van der Waals surface area contributed by atoms with Crippen molar-refractivity contribution < 1.29 is 24.3 Å². The third-order valence-electron chi connectivity index (χ3n) is 7.02. The molecule has 0 bridgehead atoms. The lowest BCUT2D eigenvalue weighted by atomic mass is 9.98. The molecule has 1 unspecified atom stereocenters. The second-order valence-electron chi connectivity index (χ2n) is 9.59. The number of anilines is 2. The summed E-state index contributed by atoms with van der Waals surface area (Å²) in [4.78, 5) is 39.9. The van der Waals surface area contributed by atoms with E-state index >= 15 is 0 Å². The van der Waals surface area contributed by atoms with Crippen LogP contribution in [0.1, 0.15) is 24.6 Å². The summed E-state index contributed by atoms with van der Waals surface area (Å²) in [5.41, 5.74) is 0.939. The molecule has 0 radical (unpaired) electrons.